The van der Waals surface area contributed by atoms with Crippen molar-refractivity contribution in [2.24, 2.45) is 0 Å². The first kappa shape index (κ1) is 14.2. The molecule has 1 unspecified atom stereocenters. The Kier molecular flexibility index (Phi) is 3.52. The summed E-state index contributed by atoms with van der Waals surface area (Å²) in [5.41, 5.74) is 1.50. The summed E-state index contributed by atoms with van der Waals surface area (Å²) in [4.78, 5) is 18.5. The van der Waals surface area contributed by atoms with Gasteiger partial charge in [-0.3, -0.25) is 4.79 Å². The van der Waals surface area contributed by atoms with Crippen molar-refractivity contribution in [1.82, 2.24) is 15.0 Å². The molecule has 1 atom stereocenters. The molecule has 120 valence electrons. The van der Waals surface area contributed by atoms with E-state index in [0.29, 0.717) is 30.6 Å². The molecule has 0 radical (unpaired) electrons. The van der Waals surface area contributed by atoms with Gasteiger partial charge in [0.05, 0.1) is 6.54 Å². The van der Waals surface area contributed by atoms with Gasteiger partial charge in [-0.1, -0.05) is 11.2 Å². The Morgan fingerprint density at radius 3 is 2.96 bits per heavy atom. The third-order valence-corrected chi connectivity index (χ3v) is 4.33. The molecule has 0 spiro atoms. The second-order valence-electron chi connectivity index (χ2n) is 6.34. The number of nitrogens with zero attached hydrogens (tertiary/aromatic N) is 3. The molecule has 4 rings (SSSR count). The fourth-order valence-corrected chi connectivity index (χ4v) is 2.82. The van der Waals surface area contributed by atoms with Crippen LogP contribution < -0.4 is 4.74 Å². The number of carbonyl (C=O) groups is 1. The first-order valence-electron chi connectivity index (χ1n) is 8.04. The number of likely N-dealkylation sites (tertiary alicyclic amines) is 1. The van der Waals surface area contributed by atoms with Gasteiger partial charge in [0.1, 0.15) is 11.9 Å². The van der Waals surface area contributed by atoms with Gasteiger partial charge < -0.3 is 14.2 Å². The summed E-state index contributed by atoms with van der Waals surface area (Å²) in [6.45, 7) is 3.21. The van der Waals surface area contributed by atoms with E-state index in [1.54, 1.807) is 17.2 Å². The quantitative estimate of drug-likeness (QED) is 0.867. The van der Waals surface area contributed by atoms with Crippen molar-refractivity contribution in [3.05, 3.63) is 41.4 Å². The molecule has 0 bridgehead atoms. The van der Waals surface area contributed by atoms with Gasteiger partial charge in [0.15, 0.2) is 5.69 Å². The van der Waals surface area contributed by atoms with E-state index in [2.05, 4.69) is 10.1 Å². The minimum absolute atomic E-state index is 0.0241. The van der Waals surface area contributed by atoms with Gasteiger partial charge in [-0.15, -0.1) is 0 Å². The third-order valence-electron chi connectivity index (χ3n) is 4.33. The highest BCUT2D eigenvalue weighted by atomic mass is 16.5. The van der Waals surface area contributed by atoms with Crippen LogP contribution in [0.1, 0.15) is 47.0 Å². The molecule has 2 aliphatic rings. The van der Waals surface area contributed by atoms with Crippen molar-refractivity contribution < 1.29 is 14.1 Å². The summed E-state index contributed by atoms with van der Waals surface area (Å²) in [5.74, 6) is 1.83. The molecule has 1 aliphatic carbocycles. The lowest BCUT2D eigenvalue weighted by Gasteiger charge is -2.15. The second kappa shape index (κ2) is 5.68. The number of rotatable bonds is 4. The fraction of sp³-hybridized carbons (Fsp3) is 0.471. The SMILES string of the molecule is Cc1ccc(OC2CCN(C(=O)c3cc(C4CC4)on3)C2)nc1. The number of hydrogen-bond donors (Lipinski definition) is 0. The summed E-state index contributed by atoms with van der Waals surface area (Å²) in [5, 5.41) is 3.92. The number of amides is 1. The summed E-state index contributed by atoms with van der Waals surface area (Å²) in [7, 11) is 0. The monoisotopic (exact) mass is 313 g/mol. The van der Waals surface area contributed by atoms with Crippen LogP contribution in [0.2, 0.25) is 0 Å². The number of aryl methyl sites for hydroxylation is 1. The second-order valence-corrected chi connectivity index (χ2v) is 6.34. The predicted molar refractivity (Wildman–Crippen MR) is 82.4 cm³/mol. The Balaban J connectivity index is 1.37. The van der Waals surface area contributed by atoms with Crippen LogP contribution in [0, 0.1) is 6.92 Å². The number of pyridine rings is 1. The van der Waals surface area contributed by atoms with E-state index in [0.717, 1.165) is 30.6 Å². The Labute approximate surface area is 134 Å². The summed E-state index contributed by atoms with van der Waals surface area (Å²) < 4.78 is 11.1. The highest BCUT2D eigenvalue weighted by Gasteiger charge is 2.32. The number of carbonyl (C=O) groups excluding carboxylic acids is 1. The molecule has 6 nitrogen and oxygen atoms in total. The van der Waals surface area contributed by atoms with Gasteiger partial charge in [0, 0.05) is 37.2 Å². The Morgan fingerprint density at radius 2 is 2.22 bits per heavy atom. The number of hydrogen-bond acceptors (Lipinski definition) is 5. The average Bonchev–Trinajstić information content (AvgIpc) is 3.11. The van der Waals surface area contributed by atoms with Gasteiger partial charge in [-0.05, 0) is 25.3 Å². The Morgan fingerprint density at radius 1 is 1.35 bits per heavy atom. The van der Waals surface area contributed by atoms with Crippen molar-refractivity contribution >= 4 is 5.91 Å². The minimum atomic E-state index is -0.0800. The average molecular weight is 313 g/mol. The zero-order valence-electron chi connectivity index (χ0n) is 13.1. The molecule has 6 heteroatoms. The van der Waals surface area contributed by atoms with Gasteiger partial charge in [0.25, 0.3) is 5.91 Å². The molecule has 1 aliphatic heterocycles. The normalized spacial score (nSPS) is 20.7. The van der Waals surface area contributed by atoms with E-state index >= 15 is 0 Å². The highest BCUT2D eigenvalue weighted by Crippen LogP contribution is 2.40. The van der Waals surface area contributed by atoms with Crippen LogP contribution >= 0.6 is 0 Å². The number of aromatic nitrogens is 2. The maximum Gasteiger partial charge on any atom is 0.276 e. The van der Waals surface area contributed by atoms with Crippen LogP contribution in [0.4, 0.5) is 0 Å². The van der Waals surface area contributed by atoms with Gasteiger partial charge in [-0.25, -0.2) is 4.98 Å². The zero-order chi connectivity index (χ0) is 15.8. The summed E-state index contributed by atoms with van der Waals surface area (Å²) >= 11 is 0. The molecule has 3 heterocycles. The van der Waals surface area contributed by atoms with Gasteiger partial charge >= 0.3 is 0 Å². The van der Waals surface area contributed by atoms with Crippen LogP contribution in [0.3, 0.4) is 0 Å². The summed E-state index contributed by atoms with van der Waals surface area (Å²) in [6, 6.07) is 5.62. The third kappa shape index (κ3) is 3.06. The molecular weight excluding hydrogens is 294 g/mol. The maximum atomic E-state index is 12.5. The first-order chi connectivity index (χ1) is 11.2. The molecular formula is C17H19N3O3. The van der Waals surface area contributed by atoms with Gasteiger partial charge in [0.2, 0.25) is 5.88 Å². The van der Waals surface area contributed by atoms with Crippen LogP contribution in [0.5, 0.6) is 5.88 Å². The maximum absolute atomic E-state index is 12.5. The van der Waals surface area contributed by atoms with Crippen molar-refractivity contribution in [1.29, 1.82) is 0 Å². The van der Waals surface area contributed by atoms with E-state index in [1.165, 1.54) is 0 Å². The van der Waals surface area contributed by atoms with Crippen LogP contribution in [0.15, 0.2) is 28.9 Å². The zero-order valence-corrected chi connectivity index (χ0v) is 13.1. The Bertz CT molecular complexity index is 706. The highest BCUT2D eigenvalue weighted by molar-refractivity contribution is 5.92. The largest absolute Gasteiger partial charge is 0.472 e. The van der Waals surface area contributed by atoms with Crippen molar-refractivity contribution in [2.45, 2.75) is 38.2 Å². The van der Waals surface area contributed by atoms with E-state index < -0.39 is 0 Å². The van der Waals surface area contributed by atoms with Crippen LogP contribution in [-0.4, -0.2) is 40.1 Å². The minimum Gasteiger partial charge on any atom is -0.472 e. The van der Waals surface area contributed by atoms with Crippen molar-refractivity contribution in [3.63, 3.8) is 0 Å². The molecule has 1 saturated carbocycles. The van der Waals surface area contributed by atoms with E-state index in [9.17, 15) is 4.79 Å². The number of ether oxygens (including phenoxy) is 1. The Hall–Kier alpha value is -2.37. The lowest BCUT2D eigenvalue weighted by Crippen LogP contribution is -2.31. The lowest BCUT2D eigenvalue weighted by molar-refractivity contribution is 0.0761. The molecule has 1 saturated heterocycles. The molecule has 1 amide bonds. The fourth-order valence-electron chi connectivity index (χ4n) is 2.82. The van der Waals surface area contributed by atoms with Gasteiger partial charge in [-0.2, -0.15) is 0 Å². The molecule has 0 aromatic carbocycles. The van der Waals surface area contributed by atoms with Crippen LogP contribution in [-0.2, 0) is 0 Å². The summed E-state index contributed by atoms with van der Waals surface area (Å²) in [6.07, 6.45) is 4.82. The molecule has 0 N–H and O–H groups in total. The van der Waals surface area contributed by atoms with Crippen LogP contribution in [0.25, 0.3) is 0 Å². The standard InChI is InChI=1S/C17H19N3O3/c1-11-2-5-16(18-9-11)22-13-6-7-20(10-13)17(21)14-8-15(23-19-14)12-3-4-12/h2,5,8-9,12-13H,3-4,6-7,10H2,1H3. The van der Waals surface area contributed by atoms with E-state index in [-0.39, 0.29) is 12.0 Å². The molecule has 2 fully saturated rings. The van der Waals surface area contributed by atoms with Crippen molar-refractivity contribution in [3.8, 4) is 5.88 Å². The topological polar surface area (TPSA) is 68.5 Å². The first-order valence-corrected chi connectivity index (χ1v) is 8.04. The van der Waals surface area contributed by atoms with Crippen molar-refractivity contribution in [2.75, 3.05) is 13.1 Å². The predicted octanol–water partition coefficient (Wildman–Crippen LogP) is 2.55. The smallest absolute Gasteiger partial charge is 0.276 e. The molecule has 23 heavy (non-hydrogen) atoms. The molecule has 2 aromatic heterocycles. The molecule has 2 aromatic rings. The van der Waals surface area contributed by atoms with E-state index in [1.807, 2.05) is 19.1 Å². The lowest BCUT2D eigenvalue weighted by atomic mass is 10.2. The van der Waals surface area contributed by atoms with E-state index in [4.69, 9.17) is 9.26 Å².